The van der Waals surface area contributed by atoms with Crippen LogP contribution in [-0.4, -0.2) is 18.4 Å². The Hall–Kier alpha value is -3.13. The number of anilines is 2. The molecule has 0 radical (unpaired) electrons. The Morgan fingerprint density at radius 1 is 1.26 bits per heavy atom. The minimum absolute atomic E-state index is 0.0225. The number of amides is 2. The maximum atomic E-state index is 12.6. The number of nitrogens with zero attached hydrogens (tertiary/aromatic N) is 2. The van der Waals surface area contributed by atoms with E-state index in [0.29, 0.717) is 23.7 Å². The molecule has 0 bridgehead atoms. The number of nitrogens with one attached hydrogen (secondary N) is 1. The molecule has 0 spiro atoms. The van der Waals surface area contributed by atoms with Crippen LogP contribution in [0.15, 0.2) is 48.5 Å². The maximum Gasteiger partial charge on any atom is 0.229 e. The average Bonchev–Trinajstić information content (AvgIpc) is 3.09. The number of benzene rings is 2. The Morgan fingerprint density at radius 3 is 2.63 bits per heavy atom. The van der Waals surface area contributed by atoms with Crippen LogP contribution >= 0.6 is 0 Å². The van der Waals surface area contributed by atoms with E-state index in [4.69, 9.17) is 5.26 Å². The van der Waals surface area contributed by atoms with Crippen LogP contribution in [-0.2, 0) is 9.59 Å². The molecule has 3 rings (SSSR count). The Labute approximate surface area is 159 Å². The summed E-state index contributed by atoms with van der Waals surface area (Å²) in [5.74, 6) is -0.235. The van der Waals surface area contributed by atoms with Crippen molar-refractivity contribution in [1.29, 1.82) is 5.26 Å². The van der Waals surface area contributed by atoms with Gasteiger partial charge in [0.2, 0.25) is 11.8 Å². The zero-order valence-corrected chi connectivity index (χ0v) is 15.6. The first kappa shape index (κ1) is 18.7. The Kier molecular flexibility index (Phi) is 5.56. The van der Waals surface area contributed by atoms with Crippen LogP contribution in [0.5, 0.6) is 0 Å². The second-order valence-corrected chi connectivity index (χ2v) is 6.95. The van der Waals surface area contributed by atoms with Gasteiger partial charge in [0.05, 0.1) is 17.6 Å². The lowest BCUT2D eigenvalue weighted by atomic mass is 9.96. The van der Waals surface area contributed by atoms with E-state index in [1.165, 1.54) is 0 Å². The first-order chi connectivity index (χ1) is 13.0. The van der Waals surface area contributed by atoms with E-state index in [9.17, 15) is 9.59 Å². The smallest absolute Gasteiger partial charge is 0.229 e. The standard InChI is InChI=1S/C22H23N3O2/c1-3-15(2)19-6-4-5-7-20(19)25-14-17(12-21(25)26)22(27)24-18-10-8-16(13-23)9-11-18/h4-11,15,17H,3,12,14H2,1-2H3,(H,24,27)/t15-,17-/m0/s1. The molecule has 2 atom stereocenters. The van der Waals surface area contributed by atoms with Crippen molar-refractivity contribution in [1.82, 2.24) is 0 Å². The van der Waals surface area contributed by atoms with Gasteiger partial charge in [-0.25, -0.2) is 0 Å². The normalized spacial score (nSPS) is 17.4. The lowest BCUT2D eigenvalue weighted by molar-refractivity contribution is -0.122. The van der Waals surface area contributed by atoms with Gasteiger partial charge in [-0.1, -0.05) is 32.0 Å². The zero-order chi connectivity index (χ0) is 19.4. The molecule has 1 fully saturated rings. The van der Waals surface area contributed by atoms with Crippen LogP contribution < -0.4 is 10.2 Å². The summed E-state index contributed by atoms with van der Waals surface area (Å²) in [5, 5.41) is 11.7. The highest BCUT2D eigenvalue weighted by Crippen LogP contribution is 2.33. The van der Waals surface area contributed by atoms with Gasteiger partial charge in [-0.05, 0) is 48.2 Å². The number of rotatable bonds is 5. The molecule has 0 unspecified atom stereocenters. The monoisotopic (exact) mass is 361 g/mol. The maximum absolute atomic E-state index is 12.6. The average molecular weight is 361 g/mol. The Morgan fingerprint density at radius 2 is 1.96 bits per heavy atom. The van der Waals surface area contributed by atoms with Crippen LogP contribution in [0, 0.1) is 17.2 Å². The third-order valence-corrected chi connectivity index (χ3v) is 5.15. The van der Waals surface area contributed by atoms with Gasteiger partial charge in [-0.2, -0.15) is 5.26 Å². The fourth-order valence-corrected chi connectivity index (χ4v) is 3.36. The van der Waals surface area contributed by atoms with E-state index in [0.717, 1.165) is 17.7 Å². The van der Waals surface area contributed by atoms with Crippen LogP contribution in [0.25, 0.3) is 0 Å². The van der Waals surface area contributed by atoms with Gasteiger partial charge >= 0.3 is 0 Å². The number of hydrogen-bond donors (Lipinski definition) is 1. The van der Waals surface area contributed by atoms with Crippen molar-refractivity contribution >= 4 is 23.2 Å². The Balaban J connectivity index is 1.73. The number of carbonyl (C=O) groups is 2. The summed E-state index contributed by atoms with van der Waals surface area (Å²) in [7, 11) is 0. The zero-order valence-electron chi connectivity index (χ0n) is 15.6. The third-order valence-electron chi connectivity index (χ3n) is 5.15. The molecule has 1 heterocycles. The minimum Gasteiger partial charge on any atom is -0.326 e. The molecule has 2 amide bonds. The van der Waals surface area contributed by atoms with Crippen LogP contribution in [0.3, 0.4) is 0 Å². The molecule has 1 aliphatic heterocycles. The highest BCUT2D eigenvalue weighted by atomic mass is 16.2. The van der Waals surface area contributed by atoms with Crippen LogP contribution in [0.2, 0.25) is 0 Å². The predicted octanol–water partition coefficient (Wildman–Crippen LogP) is 4.06. The Bertz CT molecular complexity index is 883. The van der Waals surface area contributed by atoms with E-state index >= 15 is 0 Å². The van der Waals surface area contributed by atoms with Gasteiger partial charge in [0.25, 0.3) is 0 Å². The topological polar surface area (TPSA) is 73.2 Å². The van der Waals surface area contributed by atoms with E-state index < -0.39 is 5.92 Å². The number of nitriles is 1. The molecule has 1 aliphatic rings. The van der Waals surface area contributed by atoms with Gasteiger partial charge in [-0.3, -0.25) is 9.59 Å². The highest BCUT2D eigenvalue weighted by Gasteiger charge is 2.36. The first-order valence-electron chi connectivity index (χ1n) is 9.23. The molecule has 2 aromatic rings. The van der Waals surface area contributed by atoms with Crippen molar-refractivity contribution in [3.63, 3.8) is 0 Å². The predicted molar refractivity (Wildman–Crippen MR) is 105 cm³/mol. The molecule has 27 heavy (non-hydrogen) atoms. The van der Waals surface area contributed by atoms with Crippen molar-refractivity contribution in [2.45, 2.75) is 32.6 Å². The number of para-hydroxylation sites is 1. The summed E-state index contributed by atoms with van der Waals surface area (Å²) in [4.78, 5) is 27.0. The van der Waals surface area contributed by atoms with E-state index in [1.807, 2.05) is 24.3 Å². The summed E-state index contributed by atoms with van der Waals surface area (Å²) < 4.78 is 0. The van der Waals surface area contributed by atoms with Gasteiger partial charge in [0, 0.05) is 24.3 Å². The second kappa shape index (κ2) is 8.05. The van der Waals surface area contributed by atoms with Crippen molar-refractivity contribution in [2.24, 2.45) is 5.92 Å². The molecule has 0 saturated carbocycles. The second-order valence-electron chi connectivity index (χ2n) is 6.95. The van der Waals surface area contributed by atoms with Crippen molar-refractivity contribution < 1.29 is 9.59 Å². The van der Waals surface area contributed by atoms with E-state index in [1.54, 1.807) is 29.2 Å². The van der Waals surface area contributed by atoms with E-state index in [-0.39, 0.29) is 18.2 Å². The summed E-state index contributed by atoms with van der Waals surface area (Å²) in [6.45, 7) is 4.66. The van der Waals surface area contributed by atoms with Crippen LogP contribution in [0.1, 0.15) is 43.7 Å². The van der Waals surface area contributed by atoms with Gasteiger partial charge in [0.1, 0.15) is 0 Å². The quantitative estimate of drug-likeness (QED) is 0.873. The first-order valence-corrected chi connectivity index (χ1v) is 9.23. The summed E-state index contributed by atoms with van der Waals surface area (Å²) >= 11 is 0. The fourth-order valence-electron chi connectivity index (χ4n) is 3.36. The van der Waals surface area contributed by atoms with Gasteiger partial charge in [0.15, 0.2) is 0 Å². The third kappa shape index (κ3) is 4.01. The molecule has 138 valence electrons. The molecule has 0 aromatic heterocycles. The molecular formula is C22H23N3O2. The van der Waals surface area contributed by atoms with Gasteiger partial charge in [-0.15, -0.1) is 0 Å². The summed E-state index contributed by atoms with van der Waals surface area (Å²) in [5.41, 5.74) is 3.22. The lowest BCUT2D eigenvalue weighted by Crippen LogP contribution is -2.29. The van der Waals surface area contributed by atoms with Crippen LogP contribution in [0.4, 0.5) is 11.4 Å². The van der Waals surface area contributed by atoms with Gasteiger partial charge < -0.3 is 10.2 Å². The van der Waals surface area contributed by atoms with Crippen molar-refractivity contribution in [3.8, 4) is 6.07 Å². The SMILES string of the molecule is CC[C@H](C)c1ccccc1N1C[C@@H](C(=O)Nc2ccc(C#N)cc2)CC1=O. The fraction of sp³-hybridized carbons (Fsp3) is 0.318. The number of hydrogen-bond acceptors (Lipinski definition) is 3. The molecule has 1 N–H and O–H groups in total. The number of carbonyl (C=O) groups excluding carboxylic acids is 2. The molecule has 2 aromatic carbocycles. The highest BCUT2D eigenvalue weighted by molar-refractivity contribution is 6.03. The summed E-state index contributed by atoms with van der Waals surface area (Å²) in [6, 6.07) is 16.7. The molecule has 5 nitrogen and oxygen atoms in total. The van der Waals surface area contributed by atoms with Crippen molar-refractivity contribution in [3.05, 3.63) is 59.7 Å². The van der Waals surface area contributed by atoms with Crippen molar-refractivity contribution in [2.75, 3.05) is 16.8 Å². The molecular weight excluding hydrogens is 338 g/mol. The molecule has 5 heteroatoms. The molecule has 0 aliphatic carbocycles. The van der Waals surface area contributed by atoms with E-state index in [2.05, 4.69) is 25.2 Å². The molecule has 1 saturated heterocycles. The summed E-state index contributed by atoms with van der Waals surface area (Å²) in [6.07, 6.45) is 1.19. The largest absolute Gasteiger partial charge is 0.326 e. The lowest BCUT2D eigenvalue weighted by Gasteiger charge is -2.23. The minimum atomic E-state index is -0.391.